The fourth-order valence-electron chi connectivity index (χ4n) is 3.17. The van der Waals surface area contributed by atoms with Crippen LogP contribution in [0.1, 0.15) is 29.4 Å². The second kappa shape index (κ2) is 7.53. The van der Waals surface area contributed by atoms with E-state index in [1.807, 2.05) is 73.3 Å². The number of rotatable bonds is 7. The Morgan fingerprint density at radius 2 is 1.80 bits per heavy atom. The number of aliphatic hydroxyl groups excluding tert-OH is 1. The van der Waals surface area contributed by atoms with Crippen LogP contribution >= 0.6 is 0 Å². The van der Waals surface area contributed by atoms with Crippen molar-refractivity contribution in [1.82, 2.24) is 4.98 Å². The summed E-state index contributed by atoms with van der Waals surface area (Å²) in [4.78, 5) is 18.3. The Hall–Kier alpha value is -2.59. The number of ketones is 1. The fourth-order valence-corrected chi connectivity index (χ4v) is 3.17. The van der Waals surface area contributed by atoms with E-state index in [-0.39, 0.29) is 12.3 Å². The van der Waals surface area contributed by atoms with Crippen LogP contribution in [0.5, 0.6) is 0 Å². The molecule has 1 atom stereocenters. The topological polar surface area (TPSA) is 56.3 Å². The highest BCUT2D eigenvalue weighted by molar-refractivity contribution is 6.10. The highest BCUT2D eigenvalue weighted by Gasteiger charge is 2.20. The van der Waals surface area contributed by atoms with Gasteiger partial charge in [0.05, 0.1) is 12.6 Å². The largest absolute Gasteiger partial charge is 0.391 e. The maximum Gasteiger partial charge on any atom is 0.184 e. The highest BCUT2D eigenvalue weighted by atomic mass is 16.3. The van der Waals surface area contributed by atoms with Crippen LogP contribution in [0.2, 0.25) is 0 Å². The number of hydrogen-bond donors (Lipinski definition) is 2. The van der Waals surface area contributed by atoms with Crippen molar-refractivity contribution in [3.05, 3.63) is 65.9 Å². The first-order valence-electron chi connectivity index (χ1n) is 8.68. The van der Waals surface area contributed by atoms with E-state index in [1.54, 1.807) is 0 Å². The number of Topliss-reactive ketones (excluding diaryl/α,β-unsaturated/α-hetero) is 1. The minimum Gasteiger partial charge on any atom is -0.391 e. The van der Waals surface area contributed by atoms with Crippen molar-refractivity contribution in [1.29, 1.82) is 0 Å². The summed E-state index contributed by atoms with van der Waals surface area (Å²) in [5.74, 6) is 0.0575. The first-order valence-corrected chi connectivity index (χ1v) is 8.68. The fraction of sp³-hybridized carbons (Fsp3) is 0.286. The molecule has 2 aromatic carbocycles. The van der Waals surface area contributed by atoms with Crippen LogP contribution in [-0.4, -0.2) is 35.1 Å². The Labute approximate surface area is 148 Å². The molecule has 0 bridgehead atoms. The lowest BCUT2D eigenvalue weighted by molar-refractivity contribution is 0.0995. The predicted octanol–water partition coefficient (Wildman–Crippen LogP) is 3.94. The van der Waals surface area contributed by atoms with E-state index in [4.69, 9.17) is 0 Å². The summed E-state index contributed by atoms with van der Waals surface area (Å²) in [5, 5.41) is 11.1. The molecular formula is C21H24N2O2. The number of anilines is 1. The molecule has 0 fully saturated rings. The van der Waals surface area contributed by atoms with Gasteiger partial charge in [-0.2, -0.15) is 0 Å². The molecule has 0 saturated carbocycles. The average Bonchev–Trinajstić information content (AvgIpc) is 2.97. The molecule has 2 N–H and O–H groups in total. The zero-order valence-corrected chi connectivity index (χ0v) is 14.7. The van der Waals surface area contributed by atoms with Crippen LogP contribution in [0.25, 0.3) is 10.9 Å². The first-order chi connectivity index (χ1) is 12.1. The van der Waals surface area contributed by atoms with E-state index in [9.17, 15) is 9.90 Å². The number of aryl methyl sites for hydroxylation is 1. The van der Waals surface area contributed by atoms with Gasteiger partial charge >= 0.3 is 0 Å². The van der Waals surface area contributed by atoms with Gasteiger partial charge < -0.3 is 15.0 Å². The van der Waals surface area contributed by atoms with Crippen LogP contribution in [-0.2, 0) is 0 Å². The van der Waals surface area contributed by atoms with Crippen LogP contribution in [0.15, 0.2) is 54.6 Å². The quantitative estimate of drug-likeness (QED) is 0.643. The Morgan fingerprint density at radius 3 is 2.52 bits per heavy atom. The van der Waals surface area contributed by atoms with Crippen LogP contribution in [0.3, 0.4) is 0 Å². The van der Waals surface area contributed by atoms with Crippen LogP contribution < -0.4 is 4.90 Å². The Balaban J connectivity index is 1.90. The van der Waals surface area contributed by atoms with Gasteiger partial charge in [0, 0.05) is 34.4 Å². The molecule has 4 heteroatoms. The summed E-state index contributed by atoms with van der Waals surface area (Å²) in [6.07, 6.45) is 0.195. The van der Waals surface area contributed by atoms with Gasteiger partial charge in [0.15, 0.2) is 5.78 Å². The SMILES string of the molecule is CCC(O)CN(CC(=O)c1c(C)[nH]c2ccccc12)c1ccccc1. The number of hydrogen-bond acceptors (Lipinski definition) is 3. The van der Waals surface area contributed by atoms with Crippen molar-refractivity contribution in [3.8, 4) is 0 Å². The highest BCUT2D eigenvalue weighted by Crippen LogP contribution is 2.23. The maximum absolute atomic E-state index is 13.1. The number of aromatic amines is 1. The number of para-hydroxylation sites is 2. The van der Waals surface area contributed by atoms with E-state index < -0.39 is 6.10 Å². The minimum absolute atomic E-state index is 0.0575. The molecule has 1 heterocycles. The first kappa shape index (κ1) is 17.2. The lowest BCUT2D eigenvalue weighted by atomic mass is 10.1. The van der Waals surface area contributed by atoms with E-state index in [0.29, 0.717) is 13.0 Å². The normalized spacial score (nSPS) is 12.3. The lowest BCUT2D eigenvalue weighted by Crippen LogP contribution is -2.36. The molecule has 0 saturated heterocycles. The molecule has 3 aromatic rings. The number of H-pyrrole nitrogens is 1. The molecule has 0 radical (unpaired) electrons. The van der Waals surface area contributed by atoms with E-state index in [2.05, 4.69) is 4.98 Å². The Morgan fingerprint density at radius 1 is 1.12 bits per heavy atom. The monoisotopic (exact) mass is 336 g/mol. The molecule has 1 aromatic heterocycles. The molecule has 25 heavy (non-hydrogen) atoms. The standard InChI is InChI=1S/C21H24N2O2/c1-3-17(24)13-23(16-9-5-4-6-10-16)14-20(25)21-15(2)22-19-12-8-7-11-18(19)21/h4-12,17,22,24H,3,13-14H2,1-2H3. The average molecular weight is 336 g/mol. The maximum atomic E-state index is 13.1. The van der Waals surface area contributed by atoms with Gasteiger partial charge in [-0.1, -0.05) is 43.3 Å². The van der Waals surface area contributed by atoms with E-state index >= 15 is 0 Å². The van der Waals surface area contributed by atoms with Gasteiger partial charge in [-0.3, -0.25) is 4.79 Å². The van der Waals surface area contributed by atoms with Gasteiger partial charge in [-0.25, -0.2) is 0 Å². The van der Waals surface area contributed by atoms with Crippen molar-refractivity contribution in [2.45, 2.75) is 26.4 Å². The molecule has 4 nitrogen and oxygen atoms in total. The number of nitrogens with zero attached hydrogens (tertiary/aromatic N) is 1. The Bertz CT molecular complexity index is 855. The second-order valence-electron chi connectivity index (χ2n) is 6.37. The third-order valence-electron chi connectivity index (χ3n) is 4.53. The van der Waals surface area contributed by atoms with Gasteiger partial charge in [-0.05, 0) is 31.5 Å². The summed E-state index contributed by atoms with van der Waals surface area (Å²) in [6.45, 7) is 4.55. The van der Waals surface area contributed by atoms with Crippen molar-refractivity contribution in [2.75, 3.05) is 18.0 Å². The molecule has 0 aliphatic heterocycles. The molecule has 130 valence electrons. The zero-order chi connectivity index (χ0) is 17.8. The molecule has 0 aliphatic carbocycles. The molecule has 3 rings (SSSR count). The number of carbonyl (C=O) groups excluding carboxylic acids is 1. The number of aliphatic hydroxyl groups is 1. The number of fused-ring (bicyclic) bond motifs is 1. The molecule has 0 spiro atoms. The third kappa shape index (κ3) is 3.74. The van der Waals surface area contributed by atoms with Crippen molar-refractivity contribution in [2.24, 2.45) is 0 Å². The van der Waals surface area contributed by atoms with Gasteiger partial charge in [-0.15, -0.1) is 0 Å². The molecular weight excluding hydrogens is 312 g/mol. The van der Waals surface area contributed by atoms with Crippen molar-refractivity contribution < 1.29 is 9.90 Å². The smallest absolute Gasteiger partial charge is 0.184 e. The predicted molar refractivity (Wildman–Crippen MR) is 102 cm³/mol. The van der Waals surface area contributed by atoms with Crippen LogP contribution in [0, 0.1) is 6.92 Å². The van der Waals surface area contributed by atoms with Gasteiger partial charge in [0.2, 0.25) is 0 Å². The number of benzene rings is 2. The van der Waals surface area contributed by atoms with Gasteiger partial charge in [0.25, 0.3) is 0 Å². The van der Waals surface area contributed by atoms with Gasteiger partial charge in [0.1, 0.15) is 0 Å². The number of nitrogens with one attached hydrogen (secondary N) is 1. The van der Waals surface area contributed by atoms with E-state index in [0.717, 1.165) is 27.8 Å². The number of aromatic nitrogens is 1. The van der Waals surface area contributed by atoms with Crippen molar-refractivity contribution in [3.63, 3.8) is 0 Å². The number of carbonyl (C=O) groups is 1. The third-order valence-corrected chi connectivity index (χ3v) is 4.53. The summed E-state index contributed by atoms with van der Waals surface area (Å²) >= 11 is 0. The summed E-state index contributed by atoms with van der Waals surface area (Å²) in [7, 11) is 0. The van der Waals surface area contributed by atoms with Crippen molar-refractivity contribution >= 4 is 22.4 Å². The summed E-state index contributed by atoms with van der Waals surface area (Å²) in [6, 6.07) is 17.6. The lowest BCUT2D eigenvalue weighted by Gasteiger charge is -2.26. The second-order valence-corrected chi connectivity index (χ2v) is 6.37. The summed E-state index contributed by atoms with van der Waals surface area (Å²) < 4.78 is 0. The van der Waals surface area contributed by atoms with E-state index in [1.165, 1.54) is 0 Å². The molecule has 0 amide bonds. The minimum atomic E-state index is -0.461. The zero-order valence-electron chi connectivity index (χ0n) is 14.7. The molecule has 0 aliphatic rings. The van der Waals surface area contributed by atoms with Crippen LogP contribution in [0.4, 0.5) is 5.69 Å². The summed E-state index contributed by atoms with van der Waals surface area (Å²) in [5.41, 5.74) is 3.54. The molecule has 1 unspecified atom stereocenters. The Kier molecular flexibility index (Phi) is 5.19.